The second-order valence-corrected chi connectivity index (χ2v) is 4.82. The fourth-order valence-corrected chi connectivity index (χ4v) is 1.14. The Morgan fingerprint density at radius 3 is 2.50 bits per heavy atom. The smallest absolute Gasteiger partial charge is 0.102 e. The second-order valence-electron chi connectivity index (χ2n) is 2.10. The highest BCUT2D eigenvalue weighted by Crippen LogP contribution is 1.70. The molecule has 0 fully saturated rings. The third kappa shape index (κ3) is 6.14. The van der Waals surface area contributed by atoms with Gasteiger partial charge in [-0.3, -0.25) is 0 Å². The van der Waals surface area contributed by atoms with Crippen molar-refractivity contribution >= 4 is 8.96 Å². The van der Waals surface area contributed by atoms with Crippen LogP contribution in [0.25, 0.3) is 0 Å². The summed E-state index contributed by atoms with van der Waals surface area (Å²) in [5, 5.41) is 0. The van der Waals surface area contributed by atoms with Gasteiger partial charge >= 0.3 is 0 Å². The van der Waals surface area contributed by atoms with Crippen LogP contribution in [0.2, 0.25) is 13.1 Å². The summed E-state index contributed by atoms with van der Waals surface area (Å²) in [7, 11) is 1.19. The molecule has 1 N–H and O–H groups in total. The summed E-state index contributed by atoms with van der Waals surface area (Å²) in [5.74, 6) is 0. The van der Waals surface area contributed by atoms with Crippen molar-refractivity contribution in [1.82, 2.24) is 4.98 Å². The molecule has 0 aromatic carbocycles. The summed E-state index contributed by atoms with van der Waals surface area (Å²) in [6.45, 7) is 6.37. The molecule has 2 nitrogen and oxygen atoms in total. The maximum atomic E-state index is 4.85. The van der Waals surface area contributed by atoms with Gasteiger partial charge in [-0.15, -0.1) is 0 Å². The van der Waals surface area contributed by atoms with Crippen LogP contribution in [0.4, 0.5) is 0 Å². The zero-order chi connectivity index (χ0) is 6.41. The summed E-state index contributed by atoms with van der Waals surface area (Å²) >= 11 is 0. The minimum absolute atomic E-state index is 0.532. The maximum Gasteiger partial charge on any atom is 0.102 e. The van der Waals surface area contributed by atoms with E-state index in [0.29, 0.717) is 0 Å². The van der Waals surface area contributed by atoms with Gasteiger partial charge in [0.15, 0.2) is 0 Å². The Bertz CT molecular complexity index is 49.7. The Morgan fingerprint density at radius 1 is 1.50 bits per heavy atom. The lowest BCUT2D eigenvalue weighted by molar-refractivity contribution is 0.204. The summed E-state index contributed by atoms with van der Waals surface area (Å²) in [6, 6.07) is 0. The first-order valence-corrected chi connectivity index (χ1v) is 5.88. The predicted molar refractivity (Wildman–Crippen MR) is 38.8 cm³/mol. The van der Waals surface area contributed by atoms with Crippen molar-refractivity contribution in [2.45, 2.75) is 13.1 Å². The quantitative estimate of drug-likeness (QED) is 0.437. The van der Waals surface area contributed by atoms with E-state index in [1.807, 2.05) is 0 Å². The van der Waals surface area contributed by atoms with Crippen LogP contribution in [0.1, 0.15) is 0 Å². The number of hydrogen-bond acceptors (Lipinski definition) is 2. The Morgan fingerprint density at radius 2 is 2.12 bits per heavy atom. The van der Waals surface area contributed by atoms with Crippen molar-refractivity contribution in [3.05, 3.63) is 0 Å². The SMILES string of the molecule is COCCN[SiH](C)C. The zero-order valence-electron chi connectivity index (χ0n) is 5.90. The topological polar surface area (TPSA) is 21.3 Å². The van der Waals surface area contributed by atoms with Crippen LogP contribution >= 0.6 is 0 Å². The predicted octanol–water partition coefficient (Wildman–Crippen LogP) is 0.206. The van der Waals surface area contributed by atoms with Crippen molar-refractivity contribution in [2.75, 3.05) is 20.3 Å². The monoisotopic (exact) mass is 133 g/mol. The summed E-state index contributed by atoms with van der Waals surface area (Å²) in [5.41, 5.74) is 0. The molecule has 0 amide bonds. The van der Waals surface area contributed by atoms with Crippen molar-refractivity contribution in [1.29, 1.82) is 0 Å². The first-order valence-electron chi connectivity index (χ1n) is 2.99. The molecule has 0 atom stereocenters. The van der Waals surface area contributed by atoms with Crippen LogP contribution < -0.4 is 4.98 Å². The number of nitrogens with one attached hydrogen (secondary N) is 1. The molecule has 0 saturated heterocycles. The van der Waals surface area contributed by atoms with Gasteiger partial charge in [-0.25, -0.2) is 0 Å². The van der Waals surface area contributed by atoms with Crippen molar-refractivity contribution in [3.8, 4) is 0 Å². The van der Waals surface area contributed by atoms with Gasteiger partial charge in [0.2, 0.25) is 0 Å². The Balaban J connectivity index is 2.72. The highest BCUT2D eigenvalue weighted by molar-refractivity contribution is 6.52. The Hall–Kier alpha value is 0.137. The van der Waals surface area contributed by atoms with Crippen molar-refractivity contribution in [2.24, 2.45) is 0 Å². The minimum Gasteiger partial charge on any atom is -0.383 e. The molecule has 8 heavy (non-hydrogen) atoms. The van der Waals surface area contributed by atoms with Crippen LogP contribution in [0.5, 0.6) is 0 Å². The van der Waals surface area contributed by atoms with Gasteiger partial charge in [-0.2, -0.15) is 0 Å². The molecule has 0 aliphatic rings. The fraction of sp³-hybridized carbons (Fsp3) is 1.00. The van der Waals surface area contributed by atoms with Crippen LogP contribution in [-0.2, 0) is 4.74 Å². The second kappa shape index (κ2) is 5.28. The van der Waals surface area contributed by atoms with E-state index in [-0.39, 0.29) is 0 Å². The van der Waals surface area contributed by atoms with Gasteiger partial charge in [-0.1, -0.05) is 13.1 Å². The average molecular weight is 133 g/mol. The molecule has 3 heteroatoms. The van der Waals surface area contributed by atoms with E-state index >= 15 is 0 Å². The Labute approximate surface area is 52.9 Å². The molecule has 0 unspecified atom stereocenters. The lowest BCUT2D eigenvalue weighted by atomic mass is 10.7. The van der Waals surface area contributed by atoms with Gasteiger partial charge in [-0.05, 0) is 0 Å². The highest BCUT2D eigenvalue weighted by Gasteiger charge is 1.90. The maximum absolute atomic E-state index is 4.85. The minimum atomic E-state index is -0.532. The van der Waals surface area contributed by atoms with E-state index in [1.165, 1.54) is 0 Å². The first kappa shape index (κ1) is 8.14. The van der Waals surface area contributed by atoms with Crippen molar-refractivity contribution < 1.29 is 4.74 Å². The van der Waals surface area contributed by atoms with Crippen LogP contribution in [0.3, 0.4) is 0 Å². The molecule has 0 aromatic rings. The van der Waals surface area contributed by atoms with Crippen LogP contribution in [0.15, 0.2) is 0 Å². The van der Waals surface area contributed by atoms with Gasteiger partial charge in [0.05, 0.1) is 6.61 Å². The molecule has 0 heterocycles. The van der Waals surface area contributed by atoms with E-state index in [4.69, 9.17) is 4.74 Å². The average Bonchev–Trinajstić information content (AvgIpc) is 1.66. The normalized spacial score (nSPS) is 10.5. The summed E-state index contributed by atoms with van der Waals surface area (Å²) < 4.78 is 4.85. The van der Waals surface area contributed by atoms with E-state index < -0.39 is 8.96 Å². The standard InChI is InChI=1S/C5H15NOSi/c1-7-5-4-6-8(2)3/h6,8H,4-5H2,1-3H3. The molecular formula is C5H15NOSi. The lowest BCUT2D eigenvalue weighted by Crippen LogP contribution is -2.30. The third-order valence-electron chi connectivity index (χ3n) is 0.859. The molecule has 0 saturated carbocycles. The van der Waals surface area contributed by atoms with E-state index in [1.54, 1.807) is 7.11 Å². The molecule has 0 aliphatic carbocycles. The molecule has 0 radical (unpaired) electrons. The van der Waals surface area contributed by atoms with E-state index in [9.17, 15) is 0 Å². The van der Waals surface area contributed by atoms with Crippen LogP contribution in [-0.4, -0.2) is 29.2 Å². The molecule has 0 bridgehead atoms. The molecule has 0 aliphatic heterocycles. The molecule has 0 rings (SSSR count). The molecule has 50 valence electrons. The van der Waals surface area contributed by atoms with Gasteiger partial charge in [0, 0.05) is 13.7 Å². The third-order valence-corrected chi connectivity index (χ3v) is 1.96. The highest BCUT2D eigenvalue weighted by atomic mass is 28.3. The molecular weight excluding hydrogens is 118 g/mol. The molecule has 0 aromatic heterocycles. The summed E-state index contributed by atoms with van der Waals surface area (Å²) in [6.07, 6.45) is 0. The van der Waals surface area contributed by atoms with Gasteiger partial charge in [0.1, 0.15) is 8.96 Å². The van der Waals surface area contributed by atoms with Crippen LogP contribution in [0, 0.1) is 0 Å². The van der Waals surface area contributed by atoms with Gasteiger partial charge < -0.3 is 9.72 Å². The van der Waals surface area contributed by atoms with E-state index in [2.05, 4.69) is 18.1 Å². The summed E-state index contributed by atoms with van der Waals surface area (Å²) in [4.78, 5) is 3.36. The van der Waals surface area contributed by atoms with Gasteiger partial charge in [0.25, 0.3) is 0 Å². The zero-order valence-corrected chi connectivity index (χ0v) is 7.05. The number of rotatable bonds is 4. The number of methoxy groups -OCH3 is 1. The lowest BCUT2D eigenvalue weighted by Gasteiger charge is -2.03. The van der Waals surface area contributed by atoms with E-state index in [0.717, 1.165) is 13.2 Å². The molecule has 0 spiro atoms. The number of ether oxygens (including phenoxy) is 1. The fourth-order valence-electron chi connectivity index (χ4n) is 0.450. The van der Waals surface area contributed by atoms with Crippen molar-refractivity contribution in [3.63, 3.8) is 0 Å². The Kier molecular flexibility index (Phi) is 5.37. The largest absolute Gasteiger partial charge is 0.383 e. The number of hydrogen-bond donors (Lipinski definition) is 1. The first-order chi connectivity index (χ1) is 3.77.